The maximum Gasteiger partial charge on any atom is 0.119 e. The molecule has 1 aliphatic carbocycles. The number of rotatable bonds is 7. The summed E-state index contributed by atoms with van der Waals surface area (Å²) in [5, 5.41) is 1.54. The number of ether oxygens (including phenoxy) is 1. The molecule has 3 atom stereocenters. The van der Waals surface area contributed by atoms with Crippen molar-refractivity contribution in [3.8, 4) is 5.75 Å². The summed E-state index contributed by atoms with van der Waals surface area (Å²) in [6, 6.07) is 16.1. The molecule has 3 aromatic rings. The molecule has 0 N–H and O–H groups in total. The lowest BCUT2D eigenvalue weighted by Crippen LogP contribution is -2.50. The van der Waals surface area contributed by atoms with Crippen molar-refractivity contribution in [2.24, 2.45) is 5.92 Å². The average Bonchev–Trinajstić information content (AvgIpc) is 3.13. The lowest BCUT2D eigenvalue weighted by Gasteiger charge is -2.47. The summed E-state index contributed by atoms with van der Waals surface area (Å²) in [4.78, 5) is 2.82. The monoisotopic (exact) mass is 470 g/mol. The number of hydrogen-bond acceptors (Lipinski definition) is 3. The molecule has 0 saturated carbocycles. The molecular formula is C27H35ClN2OS. The number of hydrogen-bond donors (Lipinski definition) is 0. The van der Waals surface area contributed by atoms with Gasteiger partial charge in [0, 0.05) is 42.1 Å². The van der Waals surface area contributed by atoms with Crippen LogP contribution in [0, 0.1) is 5.92 Å². The van der Waals surface area contributed by atoms with E-state index in [0.717, 1.165) is 18.2 Å². The van der Waals surface area contributed by atoms with E-state index in [1.807, 2.05) is 17.8 Å². The van der Waals surface area contributed by atoms with E-state index in [1.54, 1.807) is 18.2 Å². The van der Waals surface area contributed by atoms with Gasteiger partial charge >= 0.3 is 0 Å². The molecule has 2 heterocycles. The molecule has 1 aromatic heterocycles. The number of thioether (sulfide) groups is 1. The molecule has 0 bridgehead atoms. The Morgan fingerprint density at radius 1 is 1.16 bits per heavy atom. The van der Waals surface area contributed by atoms with Crippen molar-refractivity contribution in [3.63, 3.8) is 0 Å². The zero-order chi connectivity index (χ0) is 21.4. The van der Waals surface area contributed by atoms with Crippen LogP contribution in [-0.4, -0.2) is 47.7 Å². The number of methoxy groups -OCH3 is 1. The average molecular weight is 471 g/mol. The summed E-state index contributed by atoms with van der Waals surface area (Å²) in [6.07, 6.45) is 8.46. The first-order valence-electron chi connectivity index (χ1n) is 11.7. The van der Waals surface area contributed by atoms with Gasteiger partial charge in [0.1, 0.15) is 5.75 Å². The largest absolute Gasteiger partial charge is 0.497 e. The van der Waals surface area contributed by atoms with Crippen LogP contribution in [0.25, 0.3) is 10.9 Å². The lowest BCUT2D eigenvalue weighted by molar-refractivity contribution is 0.0926. The Hall–Kier alpha value is -1.62. The highest BCUT2D eigenvalue weighted by atomic mass is 35.5. The van der Waals surface area contributed by atoms with E-state index < -0.39 is 0 Å². The Morgan fingerprint density at radius 3 is 2.78 bits per heavy atom. The molecule has 5 heteroatoms. The highest BCUT2D eigenvalue weighted by molar-refractivity contribution is 7.98. The Morgan fingerprint density at radius 2 is 2.00 bits per heavy atom. The van der Waals surface area contributed by atoms with Crippen LogP contribution in [0.3, 0.4) is 0 Å². The molecule has 1 aliphatic heterocycles. The SMILES string of the molecule is CCCN1C[C@@H](CSC)CC2c3cccc4c3c(cn4Cc3cccc(OC)c3)C[C@H]21.Cl. The van der Waals surface area contributed by atoms with Crippen molar-refractivity contribution >= 4 is 35.1 Å². The van der Waals surface area contributed by atoms with Gasteiger partial charge in [-0.05, 0) is 78.6 Å². The molecule has 1 fully saturated rings. The smallest absolute Gasteiger partial charge is 0.119 e. The second kappa shape index (κ2) is 10.1. The first-order valence-corrected chi connectivity index (χ1v) is 13.1. The van der Waals surface area contributed by atoms with Crippen LogP contribution in [0.15, 0.2) is 48.7 Å². The first-order chi connectivity index (χ1) is 15.2. The minimum atomic E-state index is 0. The van der Waals surface area contributed by atoms with Crippen molar-refractivity contribution in [3.05, 3.63) is 65.4 Å². The number of benzene rings is 2. The van der Waals surface area contributed by atoms with Crippen molar-refractivity contribution in [1.29, 1.82) is 0 Å². The third-order valence-electron chi connectivity index (χ3n) is 7.26. The summed E-state index contributed by atoms with van der Waals surface area (Å²) in [6.45, 7) is 5.71. The third kappa shape index (κ3) is 4.30. The summed E-state index contributed by atoms with van der Waals surface area (Å²) < 4.78 is 7.91. The van der Waals surface area contributed by atoms with Crippen LogP contribution in [0.4, 0.5) is 0 Å². The second-order valence-corrected chi connectivity index (χ2v) is 10.2. The van der Waals surface area contributed by atoms with Gasteiger partial charge in [0.25, 0.3) is 0 Å². The van der Waals surface area contributed by atoms with Crippen LogP contribution >= 0.6 is 24.2 Å². The third-order valence-corrected chi connectivity index (χ3v) is 8.06. The van der Waals surface area contributed by atoms with Crippen LogP contribution in [-0.2, 0) is 13.0 Å². The molecule has 2 aromatic carbocycles. The van der Waals surface area contributed by atoms with E-state index in [-0.39, 0.29) is 12.4 Å². The molecule has 1 unspecified atom stereocenters. The molecule has 5 rings (SSSR count). The Balaban J connectivity index is 0.00000245. The predicted molar refractivity (Wildman–Crippen MR) is 140 cm³/mol. The van der Waals surface area contributed by atoms with E-state index in [1.165, 1.54) is 54.6 Å². The fourth-order valence-corrected chi connectivity index (χ4v) is 6.79. The number of likely N-dealkylation sites (tertiary alicyclic amines) is 1. The van der Waals surface area contributed by atoms with Crippen LogP contribution in [0.5, 0.6) is 5.75 Å². The standard InChI is InChI=1S/C27H34N2OS.ClH/c1-4-11-28-16-20(18-31-3)13-24-23-9-6-10-25-27(23)21(14-26(24)28)17-29(25)15-19-7-5-8-22(12-19)30-2;/h5-10,12,17,20,24,26H,4,11,13-16,18H2,1-3H3;1H/t20-,24?,26+;/m0./s1. The number of piperidine rings is 1. The molecule has 0 amide bonds. The van der Waals surface area contributed by atoms with Gasteiger partial charge in [-0.1, -0.05) is 31.2 Å². The minimum Gasteiger partial charge on any atom is -0.497 e. The topological polar surface area (TPSA) is 17.4 Å². The van der Waals surface area contributed by atoms with Gasteiger partial charge in [-0.2, -0.15) is 11.8 Å². The molecular weight excluding hydrogens is 436 g/mol. The Bertz CT molecular complexity index is 1060. The van der Waals surface area contributed by atoms with Crippen LogP contribution < -0.4 is 4.74 Å². The van der Waals surface area contributed by atoms with Crippen molar-refractivity contribution in [2.45, 2.75) is 44.7 Å². The summed E-state index contributed by atoms with van der Waals surface area (Å²) in [5.41, 5.74) is 5.82. The Labute approximate surface area is 202 Å². The van der Waals surface area contributed by atoms with Gasteiger partial charge in [0.2, 0.25) is 0 Å². The molecule has 2 aliphatic rings. The predicted octanol–water partition coefficient (Wildman–Crippen LogP) is 6.22. The quantitative estimate of drug-likeness (QED) is 0.408. The van der Waals surface area contributed by atoms with Gasteiger partial charge in [-0.15, -0.1) is 12.4 Å². The van der Waals surface area contributed by atoms with Crippen molar-refractivity contribution in [1.82, 2.24) is 9.47 Å². The fourth-order valence-electron chi connectivity index (χ4n) is 6.07. The highest BCUT2D eigenvalue weighted by Gasteiger charge is 2.40. The zero-order valence-electron chi connectivity index (χ0n) is 19.4. The van der Waals surface area contributed by atoms with Gasteiger partial charge < -0.3 is 9.30 Å². The van der Waals surface area contributed by atoms with E-state index in [9.17, 15) is 0 Å². The highest BCUT2D eigenvalue weighted by Crippen LogP contribution is 2.45. The van der Waals surface area contributed by atoms with Crippen LogP contribution in [0.2, 0.25) is 0 Å². The summed E-state index contributed by atoms with van der Waals surface area (Å²) >= 11 is 2.01. The van der Waals surface area contributed by atoms with Gasteiger partial charge in [0.05, 0.1) is 7.11 Å². The van der Waals surface area contributed by atoms with Gasteiger partial charge in [-0.3, -0.25) is 4.90 Å². The Kier molecular flexibility index (Phi) is 7.44. The molecule has 0 spiro atoms. The molecule has 172 valence electrons. The number of halogens is 1. The van der Waals surface area contributed by atoms with Crippen molar-refractivity contribution < 1.29 is 4.74 Å². The zero-order valence-corrected chi connectivity index (χ0v) is 21.1. The number of nitrogens with zero attached hydrogens (tertiary/aromatic N) is 2. The maximum atomic E-state index is 5.45. The molecule has 1 saturated heterocycles. The summed E-state index contributed by atoms with van der Waals surface area (Å²) in [7, 11) is 1.74. The fraction of sp³-hybridized carbons (Fsp3) is 0.481. The van der Waals surface area contributed by atoms with Crippen molar-refractivity contribution in [2.75, 3.05) is 32.2 Å². The molecule has 0 radical (unpaired) electrons. The van der Waals surface area contributed by atoms with E-state index in [4.69, 9.17) is 4.74 Å². The number of fused-ring (bicyclic) bond motifs is 2. The molecule has 32 heavy (non-hydrogen) atoms. The van der Waals surface area contributed by atoms with Gasteiger partial charge in [-0.25, -0.2) is 0 Å². The van der Waals surface area contributed by atoms with E-state index >= 15 is 0 Å². The van der Waals surface area contributed by atoms with E-state index in [2.05, 4.69) is 65.2 Å². The maximum absolute atomic E-state index is 5.45. The first kappa shape index (κ1) is 23.5. The van der Waals surface area contributed by atoms with E-state index in [0.29, 0.717) is 12.0 Å². The second-order valence-electron chi connectivity index (χ2n) is 9.31. The number of aromatic nitrogens is 1. The lowest BCUT2D eigenvalue weighted by atomic mass is 9.72. The van der Waals surface area contributed by atoms with Crippen LogP contribution in [0.1, 0.15) is 42.4 Å². The minimum absolute atomic E-state index is 0. The molecule has 3 nitrogen and oxygen atoms in total. The normalized spacial score (nSPS) is 22.4. The summed E-state index contributed by atoms with van der Waals surface area (Å²) in [5.74, 6) is 3.68. The van der Waals surface area contributed by atoms with Gasteiger partial charge in [0.15, 0.2) is 0 Å².